The van der Waals surface area contributed by atoms with Gasteiger partial charge >= 0.3 is 0 Å². The molecular weight excluding hydrogens is 380 g/mol. The predicted octanol–water partition coefficient (Wildman–Crippen LogP) is 6.85. The highest BCUT2D eigenvalue weighted by Gasteiger charge is 2.26. The lowest BCUT2D eigenvalue weighted by Gasteiger charge is -2.26. The van der Waals surface area contributed by atoms with Gasteiger partial charge in [-0.1, -0.05) is 53.7 Å². The van der Waals surface area contributed by atoms with Crippen molar-refractivity contribution >= 4 is 38.4 Å². The second-order valence-electron chi connectivity index (χ2n) is 6.18. The Morgan fingerprint density at radius 2 is 1.92 bits per heavy atom. The van der Waals surface area contributed by atoms with Gasteiger partial charge in [0.15, 0.2) is 0 Å². The Morgan fingerprint density at radius 3 is 2.54 bits per heavy atom. The Kier molecular flexibility index (Phi) is 5.43. The molecule has 0 radical (unpaired) electrons. The topological polar surface area (TPSA) is 9.23 Å². The van der Waals surface area contributed by atoms with Crippen LogP contribution in [0.2, 0.25) is 0 Å². The second kappa shape index (κ2) is 7.38. The predicted molar refractivity (Wildman–Crippen MR) is 109 cm³/mol. The van der Waals surface area contributed by atoms with Crippen LogP contribution in [0.3, 0.4) is 0 Å². The Hall–Kier alpha value is -1.16. The van der Waals surface area contributed by atoms with E-state index in [2.05, 4.69) is 72.8 Å². The maximum Gasteiger partial charge on any atom is 0.0910 e. The first-order chi connectivity index (χ1) is 11.6. The lowest BCUT2D eigenvalue weighted by molar-refractivity contribution is 0.103. The van der Waals surface area contributed by atoms with Crippen LogP contribution in [0, 0.1) is 0 Å². The van der Waals surface area contributed by atoms with E-state index in [0.717, 1.165) is 12.8 Å². The molecule has 2 atom stereocenters. The summed E-state index contributed by atoms with van der Waals surface area (Å²) in [4.78, 5) is 2.94. The molecule has 0 N–H and O–H groups in total. The number of rotatable bonds is 5. The fourth-order valence-corrected chi connectivity index (χ4v) is 5.02. The molecule has 0 fully saturated rings. The van der Waals surface area contributed by atoms with Gasteiger partial charge in [0, 0.05) is 27.3 Å². The number of alkyl halides is 1. The van der Waals surface area contributed by atoms with Crippen LogP contribution >= 0.6 is 27.3 Å². The molecule has 2 aromatic rings. The molecule has 0 amide bonds. The highest BCUT2D eigenvalue weighted by Crippen LogP contribution is 2.45. The monoisotopic (exact) mass is 402 g/mol. The van der Waals surface area contributed by atoms with E-state index < -0.39 is 0 Å². The largest absolute Gasteiger partial charge is 0.376 e. The number of hydrogen-bond acceptors (Lipinski definition) is 2. The molecule has 1 heterocycles. The summed E-state index contributed by atoms with van der Waals surface area (Å²) in [6.07, 6.45) is 2.10. The van der Waals surface area contributed by atoms with Crippen LogP contribution in [-0.2, 0) is 4.74 Å². The molecule has 24 heavy (non-hydrogen) atoms. The van der Waals surface area contributed by atoms with Gasteiger partial charge in [0.05, 0.1) is 6.10 Å². The van der Waals surface area contributed by atoms with Crippen molar-refractivity contribution in [2.24, 2.45) is 0 Å². The molecule has 2 unspecified atom stereocenters. The van der Waals surface area contributed by atoms with Gasteiger partial charge in [-0.3, -0.25) is 0 Å². The molecule has 0 saturated heterocycles. The Balaban J connectivity index is 2.16. The fraction of sp³-hybridized carbons (Fsp3) is 0.333. The minimum absolute atomic E-state index is 0.183. The third-order valence-electron chi connectivity index (χ3n) is 4.63. The molecule has 126 valence electrons. The van der Waals surface area contributed by atoms with Crippen molar-refractivity contribution in [3.05, 3.63) is 69.4 Å². The molecule has 1 nitrogen and oxygen atoms in total. The molecule has 1 aliphatic rings. The normalized spacial score (nSPS) is 16.9. The van der Waals surface area contributed by atoms with Gasteiger partial charge in [-0.2, -0.15) is 0 Å². The van der Waals surface area contributed by atoms with Crippen molar-refractivity contribution in [3.63, 3.8) is 0 Å². The van der Waals surface area contributed by atoms with Gasteiger partial charge in [0.2, 0.25) is 0 Å². The van der Waals surface area contributed by atoms with Gasteiger partial charge in [-0.25, -0.2) is 0 Å². The van der Waals surface area contributed by atoms with Crippen LogP contribution in [-0.4, -0.2) is 11.9 Å². The molecule has 1 aliphatic carbocycles. The quantitative estimate of drug-likeness (QED) is 0.496. The third kappa shape index (κ3) is 3.17. The third-order valence-corrected chi connectivity index (χ3v) is 6.38. The van der Waals surface area contributed by atoms with Crippen molar-refractivity contribution in [1.82, 2.24) is 0 Å². The Morgan fingerprint density at radius 1 is 1.21 bits per heavy atom. The zero-order valence-corrected chi connectivity index (χ0v) is 16.8. The number of benzene rings is 1. The van der Waals surface area contributed by atoms with Crippen molar-refractivity contribution < 1.29 is 4.74 Å². The van der Waals surface area contributed by atoms with E-state index in [4.69, 9.17) is 4.74 Å². The summed E-state index contributed by atoms with van der Waals surface area (Å²) in [7, 11) is 1.79. The molecule has 0 spiro atoms. The average Bonchev–Trinajstić information content (AvgIpc) is 3.05. The molecule has 3 heteroatoms. The van der Waals surface area contributed by atoms with Gasteiger partial charge in [0.1, 0.15) is 0 Å². The number of thiophene rings is 1. The number of halogens is 1. The molecule has 0 bridgehead atoms. The van der Waals surface area contributed by atoms with E-state index in [9.17, 15) is 0 Å². The van der Waals surface area contributed by atoms with E-state index in [1.165, 1.54) is 37.6 Å². The molecule has 3 rings (SSSR count). The maximum atomic E-state index is 5.62. The molecular formula is C21H23BrOS. The average molecular weight is 403 g/mol. The molecule has 0 aliphatic heterocycles. The minimum atomic E-state index is 0.183. The summed E-state index contributed by atoms with van der Waals surface area (Å²) in [6, 6.07) is 13.1. The summed E-state index contributed by atoms with van der Waals surface area (Å²) < 4.78 is 5.62. The first kappa shape index (κ1) is 17.7. The molecule has 1 aromatic carbocycles. The van der Waals surface area contributed by atoms with E-state index in [1.54, 1.807) is 7.11 Å². The minimum Gasteiger partial charge on any atom is -0.376 e. The summed E-state index contributed by atoms with van der Waals surface area (Å²) in [6.45, 7) is 8.67. The van der Waals surface area contributed by atoms with Crippen LogP contribution in [0.25, 0.3) is 11.1 Å². The number of allylic oxidation sites excluding steroid dienone is 2. The number of hydrogen-bond donors (Lipinski definition) is 0. The van der Waals surface area contributed by atoms with Crippen molar-refractivity contribution in [3.8, 4) is 0 Å². The number of fused-ring (bicyclic) bond motifs is 1. The van der Waals surface area contributed by atoms with E-state index in [1.807, 2.05) is 11.3 Å². The second-order valence-corrected chi connectivity index (χ2v) is 8.67. The maximum absolute atomic E-state index is 5.62. The molecule has 0 saturated carbocycles. The highest BCUT2D eigenvalue weighted by atomic mass is 79.9. The summed E-state index contributed by atoms with van der Waals surface area (Å²) >= 11 is 5.65. The van der Waals surface area contributed by atoms with Crippen molar-refractivity contribution in [2.45, 2.75) is 37.6 Å². The SMILES string of the molecule is C=C1CC(C(C)Br)=C(c2ccc(C(CC)OC)s2)c2ccccc21. The highest BCUT2D eigenvalue weighted by molar-refractivity contribution is 9.09. The zero-order chi connectivity index (χ0) is 17.3. The van der Waals surface area contributed by atoms with Crippen molar-refractivity contribution in [2.75, 3.05) is 7.11 Å². The summed E-state index contributed by atoms with van der Waals surface area (Å²) in [5, 5.41) is 0. The van der Waals surface area contributed by atoms with Crippen LogP contribution in [0.4, 0.5) is 0 Å². The lowest BCUT2D eigenvalue weighted by Crippen LogP contribution is -2.09. The van der Waals surface area contributed by atoms with E-state index in [-0.39, 0.29) is 6.10 Å². The van der Waals surface area contributed by atoms with Gasteiger partial charge in [0.25, 0.3) is 0 Å². The van der Waals surface area contributed by atoms with Crippen LogP contribution in [0.15, 0.2) is 48.6 Å². The standard InChI is InChI=1S/C21H23BrOS/c1-5-18(23-4)19-10-11-20(24-19)21-16-9-7-6-8-15(16)13(2)12-17(21)14(3)22/h6-11,14,18H,2,5,12H2,1,3-4H3. The van der Waals surface area contributed by atoms with Crippen LogP contribution in [0.1, 0.15) is 53.7 Å². The summed E-state index contributed by atoms with van der Waals surface area (Å²) in [5.74, 6) is 0. The summed E-state index contributed by atoms with van der Waals surface area (Å²) in [5.41, 5.74) is 6.56. The number of ether oxygens (including phenoxy) is 1. The van der Waals surface area contributed by atoms with Crippen LogP contribution < -0.4 is 0 Å². The smallest absolute Gasteiger partial charge is 0.0910 e. The molecule has 1 aromatic heterocycles. The first-order valence-corrected chi connectivity index (χ1v) is 10.1. The Labute approximate surface area is 157 Å². The number of methoxy groups -OCH3 is 1. The lowest BCUT2D eigenvalue weighted by atomic mass is 9.81. The van der Waals surface area contributed by atoms with Gasteiger partial charge < -0.3 is 4.74 Å². The van der Waals surface area contributed by atoms with Gasteiger partial charge in [-0.15, -0.1) is 11.3 Å². The Bertz CT molecular complexity index is 781. The van der Waals surface area contributed by atoms with E-state index >= 15 is 0 Å². The van der Waals surface area contributed by atoms with E-state index in [0.29, 0.717) is 4.83 Å². The zero-order valence-electron chi connectivity index (χ0n) is 14.4. The van der Waals surface area contributed by atoms with Crippen molar-refractivity contribution in [1.29, 1.82) is 0 Å². The first-order valence-electron chi connectivity index (χ1n) is 8.34. The van der Waals surface area contributed by atoms with Crippen LogP contribution in [0.5, 0.6) is 0 Å². The fourth-order valence-electron chi connectivity index (χ4n) is 3.37. The van der Waals surface area contributed by atoms with Gasteiger partial charge in [-0.05, 0) is 54.2 Å².